The highest BCUT2D eigenvalue weighted by molar-refractivity contribution is 6.64. The lowest BCUT2D eigenvalue weighted by molar-refractivity contribution is 0.0249. The summed E-state index contributed by atoms with van der Waals surface area (Å²) < 4.78 is 24.0. The van der Waals surface area contributed by atoms with Crippen LogP contribution in [0.15, 0.2) is 6.07 Å². The van der Waals surface area contributed by atoms with Crippen LogP contribution in [-0.4, -0.2) is 37.6 Å². The van der Waals surface area contributed by atoms with Gasteiger partial charge in [0.05, 0.1) is 11.7 Å². The highest BCUT2D eigenvalue weighted by Crippen LogP contribution is 2.37. The highest BCUT2D eigenvalue weighted by Gasteiger charge is 2.47. The summed E-state index contributed by atoms with van der Waals surface area (Å²) in [5, 5.41) is 2.85. The molecule has 0 fully saturated rings. The second-order valence-electron chi connectivity index (χ2n) is 10.1. The Bertz CT molecular complexity index is 784. The Labute approximate surface area is 174 Å². The van der Waals surface area contributed by atoms with Gasteiger partial charge in [0.2, 0.25) is 0 Å². The van der Waals surface area contributed by atoms with Gasteiger partial charge in [0, 0.05) is 12.0 Å². The Morgan fingerprint density at radius 1 is 1.38 bits per heavy atom. The van der Waals surface area contributed by atoms with Crippen molar-refractivity contribution in [3.8, 4) is 5.75 Å². The Morgan fingerprint density at radius 3 is 2.69 bits per heavy atom. The summed E-state index contributed by atoms with van der Waals surface area (Å²) in [5.41, 5.74) is 3.44. The maximum Gasteiger partial charge on any atom is 0.499 e. The number of nitrogens with one attached hydrogen (secondary N) is 1. The van der Waals surface area contributed by atoms with E-state index in [0.29, 0.717) is 19.1 Å². The van der Waals surface area contributed by atoms with Crippen LogP contribution >= 0.6 is 0 Å². The van der Waals surface area contributed by atoms with Gasteiger partial charge < -0.3 is 24.1 Å². The predicted octanol–water partition coefficient (Wildman–Crippen LogP) is 3.67. The van der Waals surface area contributed by atoms with Crippen LogP contribution in [0.25, 0.3) is 0 Å². The summed E-state index contributed by atoms with van der Waals surface area (Å²) >= 11 is 0. The average Bonchev–Trinajstić information content (AvgIpc) is 2.84. The largest absolute Gasteiger partial charge is 0.499 e. The second kappa shape index (κ2) is 7.84. The van der Waals surface area contributed by atoms with Crippen molar-refractivity contribution in [1.29, 1.82) is 0 Å². The molecule has 0 bridgehead atoms. The topological polar surface area (TPSA) is 66.0 Å². The Balaban J connectivity index is 1.93. The summed E-state index contributed by atoms with van der Waals surface area (Å²) in [7, 11) is -0.505. The number of hydrogen-bond acceptors (Lipinski definition) is 5. The molecule has 0 aromatic heterocycles. The molecule has 7 heteroatoms. The van der Waals surface area contributed by atoms with Crippen LogP contribution in [-0.2, 0) is 20.5 Å². The Kier molecular flexibility index (Phi) is 5.94. The van der Waals surface area contributed by atoms with Gasteiger partial charge in [0.1, 0.15) is 18.0 Å². The molecule has 1 atom stereocenters. The molecule has 1 amide bonds. The molecule has 3 rings (SSSR count). The molecule has 0 spiro atoms. The van der Waals surface area contributed by atoms with Gasteiger partial charge in [0.15, 0.2) is 0 Å². The fraction of sp³-hybridized carbons (Fsp3) is 0.682. The fourth-order valence-corrected chi connectivity index (χ4v) is 3.87. The van der Waals surface area contributed by atoms with Gasteiger partial charge in [-0.25, -0.2) is 4.79 Å². The van der Waals surface area contributed by atoms with Crippen molar-refractivity contribution in [1.82, 2.24) is 5.32 Å². The number of hydrogen-bond donors (Lipinski definition) is 1. The number of rotatable bonds is 4. The first-order valence-electron chi connectivity index (χ1n) is 10.5. The zero-order valence-corrected chi connectivity index (χ0v) is 19.0. The number of amides is 1. The number of alkyl carbamates (subject to hydrolysis) is 1. The minimum atomic E-state index is -0.545. The summed E-state index contributed by atoms with van der Waals surface area (Å²) in [6.07, 6.45) is 0.189. The Morgan fingerprint density at radius 2 is 2.07 bits per heavy atom. The standard InChI is InChI=1S/C22H34BNO5/c1-13(2)9-15-10-16-19-18(14(15)3)17(11-24-20(25)27-21(4,5)6)28-23(19)29-22(7,8)12-26-16/h10,13,17H,9,11-12H2,1-8H3,(H,24,25)/t17-/m1/s1. The van der Waals surface area contributed by atoms with Crippen molar-refractivity contribution < 1.29 is 23.6 Å². The van der Waals surface area contributed by atoms with Crippen LogP contribution in [0.3, 0.4) is 0 Å². The maximum atomic E-state index is 12.2. The third-order valence-corrected chi connectivity index (χ3v) is 5.05. The van der Waals surface area contributed by atoms with Crippen molar-refractivity contribution >= 4 is 18.7 Å². The lowest BCUT2D eigenvalue weighted by atomic mass is 9.74. The van der Waals surface area contributed by atoms with E-state index in [-0.39, 0.29) is 6.10 Å². The number of ether oxygens (including phenoxy) is 2. The SMILES string of the molecule is Cc1c(CC(C)C)cc2c3c1[C@@H](CNC(=O)OC(C)(C)C)OB3OC(C)(C)CO2. The van der Waals surface area contributed by atoms with E-state index in [2.05, 4.69) is 32.2 Å². The van der Waals surface area contributed by atoms with E-state index < -0.39 is 24.4 Å². The molecule has 29 heavy (non-hydrogen) atoms. The highest BCUT2D eigenvalue weighted by atomic mass is 16.6. The first-order valence-corrected chi connectivity index (χ1v) is 10.5. The third-order valence-electron chi connectivity index (χ3n) is 5.05. The summed E-state index contributed by atoms with van der Waals surface area (Å²) in [6.45, 7) is 16.8. The van der Waals surface area contributed by atoms with Crippen LogP contribution in [0.2, 0.25) is 0 Å². The van der Waals surface area contributed by atoms with Gasteiger partial charge in [-0.2, -0.15) is 0 Å². The molecule has 0 unspecified atom stereocenters. The molecule has 0 saturated carbocycles. The van der Waals surface area contributed by atoms with E-state index >= 15 is 0 Å². The molecule has 6 nitrogen and oxygen atoms in total. The zero-order valence-electron chi connectivity index (χ0n) is 19.0. The minimum absolute atomic E-state index is 0.313. The number of carbonyl (C=O) groups is 1. The lowest BCUT2D eigenvalue weighted by Crippen LogP contribution is -2.41. The van der Waals surface area contributed by atoms with Gasteiger partial charge in [0.25, 0.3) is 0 Å². The van der Waals surface area contributed by atoms with Crippen molar-refractivity contribution in [3.05, 3.63) is 22.8 Å². The van der Waals surface area contributed by atoms with Gasteiger partial charge >= 0.3 is 13.2 Å². The van der Waals surface area contributed by atoms with Crippen molar-refractivity contribution in [3.63, 3.8) is 0 Å². The summed E-state index contributed by atoms with van der Waals surface area (Å²) in [5.74, 6) is 1.35. The van der Waals surface area contributed by atoms with Gasteiger partial charge in [-0.15, -0.1) is 0 Å². The minimum Gasteiger partial charge on any atom is -0.491 e. The van der Waals surface area contributed by atoms with Gasteiger partial charge in [-0.05, 0) is 76.6 Å². The van der Waals surface area contributed by atoms with Crippen molar-refractivity contribution in [2.24, 2.45) is 5.92 Å². The van der Waals surface area contributed by atoms with E-state index in [4.69, 9.17) is 18.8 Å². The summed E-state index contributed by atoms with van der Waals surface area (Å²) in [4.78, 5) is 12.2. The van der Waals surface area contributed by atoms with Gasteiger partial charge in [-0.1, -0.05) is 13.8 Å². The number of carbonyl (C=O) groups excluding carboxylic acids is 1. The fourth-order valence-electron chi connectivity index (χ4n) is 3.87. The zero-order chi connectivity index (χ0) is 21.6. The van der Waals surface area contributed by atoms with Crippen LogP contribution in [0.5, 0.6) is 5.75 Å². The second-order valence-corrected chi connectivity index (χ2v) is 10.1. The van der Waals surface area contributed by atoms with E-state index in [1.165, 1.54) is 11.1 Å². The average molecular weight is 403 g/mol. The molecule has 0 aliphatic carbocycles. The predicted molar refractivity (Wildman–Crippen MR) is 114 cm³/mol. The molecular formula is C22H34BNO5. The van der Waals surface area contributed by atoms with Crippen LogP contribution < -0.4 is 15.5 Å². The van der Waals surface area contributed by atoms with E-state index in [1.807, 2.05) is 34.6 Å². The first-order chi connectivity index (χ1) is 13.4. The molecule has 0 saturated heterocycles. The molecule has 2 aliphatic rings. The smallest absolute Gasteiger partial charge is 0.491 e. The molecule has 2 aliphatic heterocycles. The Hall–Kier alpha value is -1.73. The van der Waals surface area contributed by atoms with E-state index in [0.717, 1.165) is 23.2 Å². The van der Waals surface area contributed by atoms with Crippen molar-refractivity contribution in [2.45, 2.75) is 79.1 Å². The molecule has 1 N–H and O–H groups in total. The van der Waals surface area contributed by atoms with Crippen LogP contribution in [0.1, 0.15) is 71.3 Å². The monoisotopic (exact) mass is 403 g/mol. The molecule has 0 radical (unpaired) electrons. The molecule has 2 heterocycles. The quantitative estimate of drug-likeness (QED) is 0.778. The molecule has 1 aromatic carbocycles. The van der Waals surface area contributed by atoms with Crippen LogP contribution in [0.4, 0.5) is 4.79 Å². The molecule has 1 aromatic rings. The van der Waals surface area contributed by atoms with E-state index in [1.54, 1.807) is 0 Å². The number of benzene rings is 1. The van der Waals surface area contributed by atoms with Gasteiger partial charge in [-0.3, -0.25) is 0 Å². The molecule has 160 valence electrons. The maximum absolute atomic E-state index is 12.2. The normalized spacial score (nSPS) is 20.2. The van der Waals surface area contributed by atoms with Crippen LogP contribution in [0, 0.1) is 12.8 Å². The summed E-state index contributed by atoms with van der Waals surface area (Å²) in [6, 6.07) is 2.14. The van der Waals surface area contributed by atoms with Crippen molar-refractivity contribution in [2.75, 3.05) is 13.2 Å². The lowest BCUT2D eigenvalue weighted by Gasteiger charge is -2.26. The van der Waals surface area contributed by atoms with E-state index in [9.17, 15) is 4.79 Å². The first kappa shape index (κ1) is 22.0. The third kappa shape index (κ3) is 5.07. The molecular weight excluding hydrogens is 369 g/mol.